The van der Waals surface area contributed by atoms with Crippen LogP contribution in [0.25, 0.3) is 0 Å². The minimum Gasteiger partial charge on any atom is -0.508 e. The van der Waals surface area contributed by atoms with Gasteiger partial charge in [-0.3, -0.25) is 0 Å². The molecule has 18 aromatic rings. The molecule has 16 N–H and O–H groups in total. The third-order valence-corrected chi connectivity index (χ3v) is 28.3. The fraction of sp³-hybridized carbons (Fsp3) is 0.176. The van der Waals surface area contributed by atoms with Gasteiger partial charge in [0.05, 0.1) is 6.61 Å². The molecule has 1 fully saturated rings. The number of aromatic hydroxyl groups is 14. The van der Waals surface area contributed by atoms with Gasteiger partial charge in [-0.25, -0.2) is 0 Å². The van der Waals surface area contributed by atoms with Crippen LogP contribution in [-0.2, 0) is 39.3 Å². The molecule has 16 heteroatoms. The molecule has 1 saturated carbocycles. The van der Waals surface area contributed by atoms with E-state index in [-0.39, 0.29) is 103 Å². The Morgan fingerprint density at radius 2 is 0.435 bits per heavy atom. The molecular formula is C131H130O16. The number of hydrogen-bond acceptors (Lipinski definition) is 16. The Labute approximate surface area is 862 Å². The Kier molecular flexibility index (Phi) is 36.1. The van der Waals surface area contributed by atoms with Crippen molar-refractivity contribution in [2.75, 3.05) is 0 Å². The quantitative estimate of drug-likeness (QED) is 0.0280. The van der Waals surface area contributed by atoms with E-state index in [0.29, 0.717) is 17.4 Å². The first-order valence-corrected chi connectivity index (χ1v) is 49.4. The number of hydrogen-bond donors (Lipinski definition) is 16. The van der Waals surface area contributed by atoms with E-state index in [1.807, 2.05) is 261 Å². The Hall–Kier alpha value is -16.9. The monoisotopic (exact) mass is 1960 g/mol. The normalized spacial score (nSPS) is 12.2. The average Bonchev–Trinajstić information content (AvgIpc) is 0.767. The lowest BCUT2D eigenvalue weighted by atomic mass is 9.65. The Bertz CT molecular complexity index is 6680. The topological polar surface area (TPSA) is 324 Å². The van der Waals surface area contributed by atoms with Gasteiger partial charge < -0.3 is 81.7 Å². The predicted octanol–water partition coefficient (Wildman–Crippen LogP) is 28.7. The first kappa shape index (κ1) is 107. The van der Waals surface area contributed by atoms with Gasteiger partial charge in [-0.2, -0.15) is 0 Å². The molecule has 0 atom stereocenters. The van der Waals surface area contributed by atoms with Gasteiger partial charge in [-0.15, -0.1) is 0 Å². The van der Waals surface area contributed by atoms with Gasteiger partial charge in [0.2, 0.25) is 0 Å². The van der Waals surface area contributed by atoms with Crippen molar-refractivity contribution < 1.29 is 81.7 Å². The number of benzene rings is 18. The molecule has 147 heavy (non-hydrogen) atoms. The third-order valence-electron chi connectivity index (χ3n) is 28.3. The van der Waals surface area contributed by atoms with Crippen LogP contribution in [0.3, 0.4) is 0 Å². The summed E-state index contributed by atoms with van der Waals surface area (Å²) < 4.78 is 0. The molecule has 18 aromatic carbocycles. The molecule has 0 saturated heterocycles. The summed E-state index contributed by atoms with van der Waals surface area (Å²) >= 11 is 0. The fourth-order valence-corrected chi connectivity index (χ4v) is 19.7. The molecule has 0 aliphatic heterocycles. The van der Waals surface area contributed by atoms with Crippen LogP contribution >= 0.6 is 0 Å². The lowest BCUT2D eigenvalue weighted by molar-refractivity contribution is 0.125. The van der Waals surface area contributed by atoms with E-state index in [4.69, 9.17) is 0 Å². The lowest BCUT2D eigenvalue weighted by Crippen LogP contribution is -2.30. The SMILES string of the molecule is CC(C)CC(C)(c1ccc(O)cc1)c1ccc(O)cc1.CC(c1ccc(O)cc1)(c1ccc(O)cc1)c1ccc(O)cc1.CC(c1ccccc1)(c1ccc(O)cc1)c1ccc(O)cc1.CCC(C)(c1ccc(O)cc1)c1ccc(O)cc1.OCc1ccccc1C(c1ccc(O)cc1)c1ccc(O)cc1.Oc1ccc(C(O)(c2ccccc2)c2ccccc2)cc1.Oc1ccc(C2(c3ccc(O)cc3)CCCCC2)cc1. The molecule has 1 aliphatic rings. The summed E-state index contributed by atoms with van der Waals surface area (Å²) in [5, 5.41) is 154. The summed E-state index contributed by atoms with van der Waals surface area (Å²) in [4.78, 5) is 0. The van der Waals surface area contributed by atoms with Gasteiger partial charge in [0.15, 0.2) is 0 Å². The minimum absolute atomic E-state index is 0.0274. The van der Waals surface area contributed by atoms with Crippen molar-refractivity contribution >= 4 is 0 Å². The van der Waals surface area contributed by atoms with Gasteiger partial charge in [0.1, 0.15) is 86.1 Å². The largest absolute Gasteiger partial charge is 0.508 e. The standard InChI is InChI=1S/2C20H18O3.C20H18O2.C19H16O2.C18H20O2.C18H22O2.C16H18O2/c1-20(14-2-8-17(21)9-3-14,15-4-10-18(22)11-5-15)16-6-12-19(23)13-7-16;21-13-16-3-1-2-4-19(16)20(14-5-9-17(22)10-6-14)15-7-11-18(23)12-8-15;1-20(15-5-3-2-4-6-15,16-7-11-18(21)12-8-16)17-9-13-19(22)14-10-17;20-18-13-11-17(12-14-18)19(21,15-7-3-1-4-8-15)16-9-5-2-6-10-16;19-16-8-4-14(5-9-16)18(12-2-1-3-13-18)15-6-10-17(20)11-7-15;1-13(2)12-18(3,14-4-8-16(19)9-5-14)15-6-10-17(20)11-7-15;1-3-16(2,12-4-8-14(17)9-5-12)13-6-10-15(18)11-7-13/h2-13,21-23H,1H3;1-12,20-23H,13H2;2-14,21-22H,1H3;1-14,20-21H;4-11,19-20H,1-3,12-13H2;4-11,13,19-20H,12H2,1-3H3;4-11,17-18H,3H2,1-2H3. The summed E-state index contributed by atoms with van der Waals surface area (Å²) in [5.41, 5.74) is 17.5. The maximum atomic E-state index is 11.4. The first-order chi connectivity index (χ1) is 70.7. The van der Waals surface area contributed by atoms with E-state index >= 15 is 0 Å². The highest BCUT2D eigenvalue weighted by atomic mass is 16.3. The highest BCUT2D eigenvalue weighted by molar-refractivity contribution is 5.57. The Morgan fingerprint density at radius 1 is 0.231 bits per heavy atom. The van der Waals surface area contributed by atoms with E-state index in [1.54, 1.807) is 182 Å². The molecule has 0 radical (unpaired) electrons. The van der Waals surface area contributed by atoms with Gasteiger partial charge in [-0.1, -0.05) is 339 Å². The van der Waals surface area contributed by atoms with Crippen molar-refractivity contribution in [3.8, 4) is 80.5 Å². The van der Waals surface area contributed by atoms with Gasteiger partial charge >= 0.3 is 0 Å². The molecule has 0 spiro atoms. The van der Waals surface area contributed by atoms with E-state index < -0.39 is 11.0 Å². The maximum absolute atomic E-state index is 11.4. The van der Waals surface area contributed by atoms with Gasteiger partial charge in [0.25, 0.3) is 0 Å². The number of phenolic OH excluding ortho intramolecular Hbond substituents is 14. The number of rotatable bonds is 22. The van der Waals surface area contributed by atoms with E-state index in [1.165, 1.54) is 41.5 Å². The van der Waals surface area contributed by atoms with Crippen molar-refractivity contribution in [3.63, 3.8) is 0 Å². The van der Waals surface area contributed by atoms with Gasteiger partial charge in [0, 0.05) is 33.0 Å². The molecule has 0 aromatic heterocycles. The minimum atomic E-state index is -1.24. The summed E-state index contributed by atoms with van der Waals surface area (Å²) in [6.45, 7) is 15.1. The van der Waals surface area contributed by atoms with Crippen molar-refractivity contribution in [3.05, 3.63) is 561 Å². The number of aliphatic hydroxyl groups is 2. The van der Waals surface area contributed by atoms with E-state index in [2.05, 4.69) is 60.6 Å². The summed E-state index contributed by atoms with van der Waals surface area (Å²) in [5.74, 6) is 3.98. The van der Waals surface area contributed by atoms with Crippen LogP contribution in [-0.4, -0.2) is 81.7 Å². The van der Waals surface area contributed by atoms with Gasteiger partial charge in [-0.05, 0) is 321 Å². The Morgan fingerprint density at radius 3 is 0.687 bits per heavy atom. The van der Waals surface area contributed by atoms with Crippen molar-refractivity contribution in [1.29, 1.82) is 0 Å². The molecule has 0 unspecified atom stereocenters. The maximum Gasteiger partial charge on any atom is 0.140 e. The predicted molar refractivity (Wildman–Crippen MR) is 586 cm³/mol. The van der Waals surface area contributed by atoms with Crippen molar-refractivity contribution in [1.82, 2.24) is 0 Å². The second kappa shape index (κ2) is 49.4. The second-order valence-electron chi connectivity index (χ2n) is 38.4. The van der Waals surface area contributed by atoms with Crippen LogP contribution in [0.5, 0.6) is 80.5 Å². The van der Waals surface area contributed by atoms with Crippen molar-refractivity contribution in [2.24, 2.45) is 5.92 Å². The Balaban J connectivity index is 0.000000144. The molecule has 0 amide bonds. The fourth-order valence-electron chi connectivity index (χ4n) is 19.7. The highest BCUT2D eigenvalue weighted by Crippen LogP contribution is 2.49. The molecule has 1 aliphatic carbocycles. The van der Waals surface area contributed by atoms with Crippen LogP contribution in [0.4, 0.5) is 0 Å². The van der Waals surface area contributed by atoms with Crippen molar-refractivity contribution in [2.45, 2.75) is 139 Å². The van der Waals surface area contributed by atoms with Crippen LogP contribution in [0, 0.1) is 5.92 Å². The van der Waals surface area contributed by atoms with Crippen LogP contribution in [0.15, 0.2) is 455 Å². The highest BCUT2D eigenvalue weighted by Gasteiger charge is 2.39. The van der Waals surface area contributed by atoms with E-state index in [9.17, 15) is 81.7 Å². The zero-order valence-corrected chi connectivity index (χ0v) is 83.8. The average molecular weight is 1960 g/mol. The zero-order valence-electron chi connectivity index (χ0n) is 83.8. The molecule has 19 rings (SSSR count). The molecule has 750 valence electrons. The second-order valence-corrected chi connectivity index (χ2v) is 38.4. The lowest BCUT2D eigenvalue weighted by Gasteiger charge is -2.38. The summed E-state index contributed by atoms with van der Waals surface area (Å²) in [7, 11) is 0. The molecule has 16 nitrogen and oxygen atoms in total. The van der Waals surface area contributed by atoms with E-state index in [0.717, 1.165) is 109 Å². The molecule has 0 heterocycles. The first-order valence-electron chi connectivity index (χ1n) is 49.4. The van der Waals surface area contributed by atoms with Crippen LogP contribution in [0.2, 0.25) is 0 Å². The smallest absolute Gasteiger partial charge is 0.140 e. The number of aliphatic hydroxyl groups excluding tert-OH is 1. The summed E-state index contributed by atoms with van der Waals surface area (Å²) in [6, 6.07) is 138. The van der Waals surface area contributed by atoms with Crippen LogP contribution in [0.1, 0.15) is 205 Å². The summed E-state index contributed by atoms with van der Waals surface area (Å²) in [6.07, 6.45) is 7.94. The third kappa shape index (κ3) is 26.6. The number of phenols is 14. The zero-order chi connectivity index (χ0) is 105. The van der Waals surface area contributed by atoms with Crippen LogP contribution < -0.4 is 0 Å². The molecule has 0 bridgehead atoms. The molecular weight excluding hydrogens is 1830 g/mol.